The molecule has 0 N–H and O–H groups in total. The highest BCUT2D eigenvalue weighted by Crippen LogP contribution is 2.35. The van der Waals surface area contributed by atoms with Gasteiger partial charge in [0.25, 0.3) is 0 Å². The number of hydrogen-bond acceptors (Lipinski definition) is 5. The maximum atomic E-state index is 11.4. The molecule has 0 radical (unpaired) electrons. The van der Waals surface area contributed by atoms with Crippen LogP contribution in [0.15, 0.2) is 40.9 Å². The summed E-state index contributed by atoms with van der Waals surface area (Å²) in [6.07, 6.45) is 0.836. The molecule has 23 heavy (non-hydrogen) atoms. The van der Waals surface area contributed by atoms with Gasteiger partial charge < -0.3 is 14.2 Å². The van der Waals surface area contributed by atoms with Crippen molar-refractivity contribution in [2.75, 3.05) is 14.2 Å². The van der Waals surface area contributed by atoms with E-state index in [1.807, 2.05) is 0 Å². The minimum absolute atomic E-state index is 0.121. The maximum Gasteiger partial charge on any atom is 0.309 e. The van der Waals surface area contributed by atoms with E-state index in [1.54, 1.807) is 36.4 Å². The molecule has 0 bridgehead atoms. The minimum atomic E-state index is -0.350. The molecule has 0 aliphatic rings. The van der Waals surface area contributed by atoms with Crippen molar-refractivity contribution in [1.29, 1.82) is 0 Å². The first kappa shape index (κ1) is 17.0. The van der Waals surface area contributed by atoms with Crippen molar-refractivity contribution in [3.8, 4) is 17.2 Å². The van der Waals surface area contributed by atoms with Gasteiger partial charge in [0, 0.05) is 4.47 Å². The lowest BCUT2D eigenvalue weighted by molar-refractivity contribution is -0.139. The first-order chi connectivity index (χ1) is 11.1. The van der Waals surface area contributed by atoms with Crippen LogP contribution in [0.1, 0.15) is 15.9 Å². The number of halogens is 1. The number of aldehydes is 1. The molecule has 2 aromatic carbocycles. The van der Waals surface area contributed by atoms with Crippen LogP contribution < -0.4 is 9.47 Å². The number of carbonyl (C=O) groups excluding carboxylic acids is 2. The van der Waals surface area contributed by atoms with E-state index in [-0.39, 0.29) is 12.4 Å². The summed E-state index contributed by atoms with van der Waals surface area (Å²) in [6.45, 7) is 0. The maximum absolute atomic E-state index is 11.4. The van der Waals surface area contributed by atoms with Gasteiger partial charge in [0.2, 0.25) is 0 Å². The average molecular weight is 379 g/mol. The quantitative estimate of drug-likeness (QED) is 0.565. The van der Waals surface area contributed by atoms with Crippen molar-refractivity contribution in [3.05, 3.63) is 52.0 Å². The predicted molar refractivity (Wildman–Crippen MR) is 88.3 cm³/mol. The van der Waals surface area contributed by atoms with E-state index in [2.05, 4.69) is 20.7 Å². The Bertz CT molecular complexity index is 727. The molecule has 2 rings (SSSR count). The molecule has 0 atom stereocenters. The van der Waals surface area contributed by atoms with E-state index in [0.29, 0.717) is 29.1 Å². The van der Waals surface area contributed by atoms with Crippen molar-refractivity contribution in [3.63, 3.8) is 0 Å². The van der Waals surface area contributed by atoms with Gasteiger partial charge in [-0.2, -0.15) is 0 Å². The zero-order chi connectivity index (χ0) is 16.8. The second-order valence-corrected chi connectivity index (χ2v) is 5.56. The average Bonchev–Trinajstić information content (AvgIpc) is 2.55. The summed E-state index contributed by atoms with van der Waals surface area (Å²) >= 11 is 3.34. The Morgan fingerprint density at radius 2 is 1.87 bits per heavy atom. The van der Waals surface area contributed by atoms with E-state index in [1.165, 1.54) is 14.2 Å². The molecule has 0 amide bonds. The Morgan fingerprint density at radius 1 is 1.09 bits per heavy atom. The van der Waals surface area contributed by atoms with Crippen molar-refractivity contribution in [2.24, 2.45) is 0 Å². The van der Waals surface area contributed by atoms with Gasteiger partial charge in [-0.05, 0) is 35.9 Å². The number of carbonyl (C=O) groups is 2. The van der Waals surface area contributed by atoms with Crippen LogP contribution in [-0.4, -0.2) is 26.5 Å². The molecule has 0 aliphatic heterocycles. The van der Waals surface area contributed by atoms with Gasteiger partial charge >= 0.3 is 5.97 Å². The molecule has 0 fully saturated rings. The highest BCUT2D eigenvalue weighted by molar-refractivity contribution is 9.10. The number of methoxy groups -OCH3 is 2. The van der Waals surface area contributed by atoms with Crippen LogP contribution in [0.5, 0.6) is 17.2 Å². The highest BCUT2D eigenvalue weighted by Gasteiger charge is 2.12. The minimum Gasteiger partial charge on any atom is -0.493 e. The Labute approximate surface area is 142 Å². The summed E-state index contributed by atoms with van der Waals surface area (Å²) < 4.78 is 16.5. The summed E-state index contributed by atoms with van der Waals surface area (Å²) in [5.41, 5.74) is 1.13. The molecular formula is C17H15BrO5. The topological polar surface area (TPSA) is 61.8 Å². The zero-order valence-corrected chi connectivity index (χ0v) is 14.3. The Morgan fingerprint density at radius 3 is 2.52 bits per heavy atom. The van der Waals surface area contributed by atoms with Crippen LogP contribution in [0.2, 0.25) is 0 Å². The van der Waals surface area contributed by atoms with Crippen LogP contribution in [0, 0.1) is 0 Å². The Kier molecular flexibility index (Phi) is 5.76. The van der Waals surface area contributed by atoms with Gasteiger partial charge in [-0.3, -0.25) is 9.59 Å². The molecule has 2 aromatic rings. The third-order valence-corrected chi connectivity index (χ3v) is 3.62. The molecule has 0 aliphatic carbocycles. The van der Waals surface area contributed by atoms with Crippen LogP contribution in [-0.2, 0) is 16.0 Å². The fraction of sp³-hybridized carbons (Fsp3) is 0.176. The van der Waals surface area contributed by atoms with E-state index in [4.69, 9.17) is 9.47 Å². The number of rotatable bonds is 6. The fourth-order valence-electron chi connectivity index (χ4n) is 1.96. The van der Waals surface area contributed by atoms with Crippen molar-refractivity contribution < 1.29 is 23.8 Å². The van der Waals surface area contributed by atoms with E-state index in [9.17, 15) is 9.59 Å². The first-order valence-electron chi connectivity index (χ1n) is 6.73. The highest BCUT2D eigenvalue weighted by atomic mass is 79.9. The van der Waals surface area contributed by atoms with Gasteiger partial charge in [-0.1, -0.05) is 22.0 Å². The van der Waals surface area contributed by atoms with Crippen molar-refractivity contribution >= 4 is 28.2 Å². The standard InChI is InChI=1S/C17H15BrO5/c1-21-14-6-3-11(8-17(20)22-2)7-16(14)23-15-9-13(18)5-4-12(15)10-19/h3-7,9-10H,8H2,1-2H3. The smallest absolute Gasteiger partial charge is 0.309 e. The predicted octanol–water partition coefficient (Wildman–Crippen LogP) is 3.78. The molecule has 0 aromatic heterocycles. The molecule has 0 unspecified atom stereocenters. The second kappa shape index (κ2) is 7.78. The normalized spacial score (nSPS) is 10.0. The van der Waals surface area contributed by atoms with E-state index in [0.717, 1.165) is 10.0 Å². The van der Waals surface area contributed by atoms with Gasteiger partial charge in [-0.15, -0.1) is 0 Å². The van der Waals surface area contributed by atoms with Crippen LogP contribution in [0.3, 0.4) is 0 Å². The van der Waals surface area contributed by atoms with Crippen LogP contribution in [0.25, 0.3) is 0 Å². The fourth-order valence-corrected chi connectivity index (χ4v) is 2.30. The molecular weight excluding hydrogens is 364 g/mol. The lowest BCUT2D eigenvalue weighted by Crippen LogP contribution is -2.04. The van der Waals surface area contributed by atoms with Gasteiger partial charge in [0.05, 0.1) is 26.2 Å². The van der Waals surface area contributed by atoms with Gasteiger partial charge in [-0.25, -0.2) is 0 Å². The Hall–Kier alpha value is -2.34. The lowest BCUT2D eigenvalue weighted by atomic mass is 10.1. The molecule has 6 heteroatoms. The largest absolute Gasteiger partial charge is 0.493 e. The summed E-state index contributed by atoms with van der Waals surface area (Å²) in [4.78, 5) is 22.6. The summed E-state index contributed by atoms with van der Waals surface area (Å²) in [7, 11) is 2.85. The summed E-state index contributed by atoms with van der Waals surface area (Å²) in [6, 6.07) is 10.2. The van der Waals surface area contributed by atoms with Crippen molar-refractivity contribution in [1.82, 2.24) is 0 Å². The van der Waals surface area contributed by atoms with Crippen LogP contribution >= 0.6 is 15.9 Å². The number of ether oxygens (including phenoxy) is 3. The second-order valence-electron chi connectivity index (χ2n) is 4.64. The van der Waals surface area contributed by atoms with E-state index < -0.39 is 0 Å². The number of benzene rings is 2. The van der Waals surface area contributed by atoms with E-state index >= 15 is 0 Å². The SMILES string of the molecule is COC(=O)Cc1ccc(OC)c(Oc2cc(Br)ccc2C=O)c1. The van der Waals surface area contributed by atoms with Crippen molar-refractivity contribution in [2.45, 2.75) is 6.42 Å². The molecule has 5 nitrogen and oxygen atoms in total. The lowest BCUT2D eigenvalue weighted by Gasteiger charge is -2.13. The van der Waals surface area contributed by atoms with Gasteiger partial charge in [0.1, 0.15) is 5.75 Å². The number of hydrogen-bond donors (Lipinski definition) is 0. The van der Waals surface area contributed by atoms with Crippen LogP contribution in [0.4, 0.5) is 0 Å². The third-order valence-electron chi connectivity index (χ3n) is 3.13. The van der Waals surface area contributed by atoms with Gasteiger partial charge in [0.15, 0.2) is 17.8 Å². The Balaban J connectivity index is 2.37. The molecule has 120 valence electrons. The molecule has 0 saturated heterocycles. The molecule has 0 spiro atoms. The first-order valence-corrected chi connectivity index (χ1v) is 7.53. The number of esters is 1. The molecule has 0 heterocycles. The summed E-state index contributed by atoms with van der Waals surface area (Å²) in [5, 5.41) is 0. The molecule has 0 saturated carbocycles. The third kappa shape index (κ3) is 4.32. The zero-order valence-electron chi connectivity index (χ0n) is 12.7. The summed E-state index contributed by atoms with van der Waals surface area (Å²) in [5.74, 6) is 0.950. The monoisotopic (exact) mass is 378 g/mol.